The summed E-state index contributed by atoms with van der Waals surface area (Å²) < 4.78 is 4.63. The van der Waals surface area contributed by atoms with E-state index in [-0.39, 0.29) is 5.95 Å². The van der Waals surface area contributed by atoms with Gasteiger partial charge in [0.05, 0.1) is 7.11 Å². The highest BCUT2D eigenvalue weighted by atomic mass is 16.5. The van der Waals surface area contributed by atoms with Crippen molar-refractivity contribution < 1.29 is 4.74 Å². The van der Waals surface area contributed by atoms with Gasteiger partial charge in [-0.1, -0.05) is 0 Å². The van der Waals surface area contributed by atoms with Crippen LogP contribution in [0.1, 0.15) is 0 Å². The van der Waals surface area contributed by atoms with Gasteiger partial charge in [0.2, 0.25) is 5.95 Å². The molecule has 5 heteroatoms. The zero-order chi connectivity index (χ0) is 5.98. The number of hydrogen-bond donors (Lipinski definition) is 2. The average Bonchev–Trinajstić information content (AvgIpc) is 2.14. The number of aromatic amines is 1. The molecule has 0 aromatic carbocycles. The maximum absolute atomic E-state index is 5.12. The van der Waals surface area contributed by atoms with Crippen molar-refractivity contribution in [3.8, 4) is 6.01 Å². The Labute approximate surface area is 45.9 Å². The summed E-state index contributed by atoms with van der Waals surface area (Å²) in [6.07, 6.45) is 0. The second-order valence-electron chi connectivity index (χ2n) is 1.20. The third-order valence-corrected chi connectivity index (χ3v) is 0.676. The first-order chi connectivity index (χ1) is 3.83. The van der Waals surface area contributed by atoms with Crippen LogP contribution in [0.25, 0.3) is 0 Å². The molecule has 0 fully saturated rings. The van der Waals surface area contributed by atoms with Gasteiger partial charge in [-0.2, -0.15) is 4.98 Å². The van der Waals surface area contributed by atoms with E-state index in [0.717, 1.165) is 0 Å². The molecule has 0 aliphatic rings. The molecule has 1 aromatic rings. The highest BCUT2D eigenvalue weighted by molar-refractivity contribution is 5.14. The van der Waals surface area contributed by atoms with Gasteiger partial charge in [0, 0.05) is 0 Å². The highest BCUT2D eigenvalue weighted by Crippen LogP contribution is 1.98. The molecule has 3 N–H and O–H groups in total. The molecule has 0 amide bonds. The van der Waals surface area contributed by atoms with E-state index in [1.54, 1.807) is 0 Å². The first kappa shape index (κ1) is 4.89. The van der Waals surface area contributed by atoms with E-state index < -0.39 is 0 Å². The first-order valence-electron chi connectivity index (χ1n) is 2.05. The van der Waals surface area contributed by atoms with Crippen molar-refractivity contribution in [2.75, 3.05) is 12.8 Å². The predicted molar refractivity (Wildman–Crippen MR) is 27.3 cm³/mol. The van der Waals surface area contributed by atoms with Crippen LogP contribution in [0.3, 0.4) is 0 Å². The molecular weight excluding hydrogens is 108 g/mol. The molecule has 0 bridgehead atoms. The van der Waals surface area contributed by atoms with Gasteiger partial charge in [0.15, 0.2) is 0 Å². The number of H-pyrrole nitrogens is 1. The molecule has 0 saturated heterocycles. The Bertz CT molecular complexity index is 172. The Morgan fingerprint density at radius 1 is 1.75 bits per heavy atom. The number of nitrogens with zero attached hydrogens (tertiary/aromatic N) is 2. The van der Waals surface area contributed by atoms with Crippen molar-refractivity contribution in [1.29, 1.82) is 0 Å². The van der Waals surface area contributed by atoms with Crippen molar-refractivity contribution in [2.45, 2.75) is 0 Å². The van der Waals surface area contributed by atoms with Crippen LogP contribution in [0.4, 0.5) is 5.95 Å². The standard InChI is InChI=1S/C3H6N4O/c1-8-3-5-2(4)6-7-3/h1H3,(H3,4,5,6,7). The number of ether oxygens (including phenoxy) is 1. The number of methoxy groups -OCH3 is 1. The third kappa shape index (κ3) is 0.699. The van der Waals surface area contributed by atoms with Crippen LogP contribution in [-0.4, -0.2) is 22.3 Å². The molecule has 0 aliphatic carbocycles. The quantitative estimate of drug-likeness (QED) is 0.510. The molecule has 1 rings (SSSR count). The Morgan fingerprint density at radius 3 is 2.75 bits per heavy atom. The average molecular weight is 114 g/mol. The van der Waals surface area contributed by atoms with E-state index in [2.05, 4.69) is 19.9 Å². The van der Waals surface area contributed by atoms with Crippen LogP contribution in [0.5, 0.6) is 6.01 Å². The zero-order valence-corrected chi connectivity index (χ0v) is 4.38. The van der Waals surface area contributed by atoms with Crippen LogP contribution in [0.15, 0.2) is 0 Å². The summed E-state index contributed by atoms with van der Waals surface area (Å²) in [5.74, 6) is 0.196. The Morgan fingerprint density at radius 2 is 2.50 bits per heavy atom. The first-order valence-corrected chi connectivity index (χ1v) is 2.05. The summed E-state index contributed by atoms with van der Waals surface area (Å²) in [5, 5.41) is 5.95. The number of hydrogen-bond acceptors (Lipinski definition) is 4. The van der Waals surface area contributed by atoms with Crippen LogP contribution >= 0.6 is 0 Å². The van der Waals surface area contributed by atoms with Crippen LogP contribution in [-0.2, 0) is 0 Å². The molecule has 1 aromatic heterocycles. The van der Waals surface area contributed by atoms with Gasteiger partial charge in [0.25, 0.3) is 0 Å². The molecule has 0 atom stereocenters. The van der Waals surface area contributed by atoms with E-state index in [0.29, 0.717) is 6.01 Å². The summed E-state index contributed by atoms with van der Waals surface area (Å²) in [5.41, 5.74) is 5.12. The minimum atomic E-state index is 0.196. The fourth-order valence-electron chi connectivity index (χ4n) is 0.350. The van der Waals surface area contributed by atoms with Crippen molar-refractivity contribution >= 4 is 5.95 Å². The molecule has 5 nitrogen and oxygen atoms in total. The van der Waals surface area contributed by atoms with Crippen molar-refractivity contribution in [3.63, 3.8) is 0 Å². The number of aromatic nitrogens is 3. The number of rotatable bonds is 1. The molecule has 0 spiro atoms. The maximum atomic E-state index is 5.12. The zero-order valence-electron chi connectivity index (χ0n) is 4.38. The Hall–Kier alpha value is -1.26. The third-order valence-electron chi connectivity index (χ3n) is 0.676. The Balaban J connectivity index is 2.84. The SMILES string of the molecule is COc1nc(N)n[nH]1. The van der Waals surface area contributed by atoms with Crippen molar-refractivity contribution in [1.82, 2.24) is 15.2 Å². The van der Waals surface area contributed by atoms with E-state index in [1.807, 2.05) is 0 Å². The van der Waals surface area contributed by atoms with Crippen molar-refractivity contribution in [2.24, 2.45) is 0 Å². The molecule has 44 valence electrons. The summed E-state index contributed by atoms with van der Waals surface area (Å²) in [4.78, 5) is 3.62. The van der Waals surface area contributed by atoms with Crippen LogP contribution in [0, 0.1) is 0 Å². The molecule has 0 radical (unpaired) electrons. The van der Waals surface area contributed by atoms with E-state index in [4.69, 9.17) is 5.73 Å². The molecule has 1 heterocycles. The van der Waals surface area contributed by atoms with E-state index in [9.17, 15) is 0 Å². The number of anilines is 1. The van der Waals surface area contributed by atoms with E-state index in [1.165, 1.54) is 7.11 Å². The lowest BCUT2D eigenvalue weighted by atomic mass is 11.1. The second-order valence-corrected chi connectivity index (χ2v) is 1.20. The van der Waals surface area contributed by atoms with Gasteiger partial charge >= 0.3 is 6.01 Å². The molecule has 8 heavy (non-hydrogen) atoms. The lowest BCUT2D eigenvalue weighted by Crippen LogP contribution is -1.86. The van der Waals surface area contributed by atoms with Gasteiger partial charge in [-0.25, -0.2) is 5.10 Å². The smallest absolute Gasteiger partial charge is 0.313 e. The van der Waals surface area contributed by atoms with Crippen LogP contribution in [0.2, 0.25) is 0 Å². The second kappa shape index (κ2) is 1.69. The monoisotopic (exact) mass is 114 g/mol. The molecular formula is C3H6N4O. The number of nitrogens with one attached hydrogen (secondary N) is 1. The predicted octanol–water partition coefficient (Wildman–Crippen LogP) is -0.605. The maximum Gasteiger partial charge on any atom is 0.313 e. The minimum Gasteiger partial charge on any atom is -0.467 e. The van der Waals surface area contributed by atoms with E-state index >= 15 is 0 Å². The summed E-state index contributed by atoms with van der Waals surface area (Å²) in [6, 6.07) is 0.336. The highest BCUT2D eigenvalue weighted by Gasteiger charge is 1.93. The summed E-state index contributed by atoms with van der Waals surface area (Å²) >= 11 is 0. The van der Waals surface area contributed by atoms with Gasteiger partial charge in [-0.05, 0) is 0 Å². The van der Waals surface area contributed by atoms with Crippen LogP contribution < -0.4 is 10.5 Å². The molecule has 0 aliphatic heterocycles. The minimum absolute atomic E-state index is 0.196. The number of nitrogen functional groups attached to an aromatic ring is 1. The number of nitrogens with two attached hydrogens (primary N) is 1. The molecule has 0 saturated carbocycles. The normalized spacial score (nSPS) is 9.12. The molecule has 0 unspecified atom stereocenters. The largest absolute Gasteiger partial charge is 0.467 e. The lowest BCUT2D eigenvalue weighted by Gasteiger charge is -1.84. The summed E-state index contributed by atoms with van der Waals surface area (Å²) in [7, 11) is 1.49. The Kier molecular flexibility index (Phi) is 1.03. The topological polar surface area (TPSA) is 76.8 Å². The summed E-state index contributed by atoms with van der Waals surface area (Å²) in [6.45, 7) is 0. The van der Waals surface area contributed by atoms with Gasteiger partial charge in [0.1, 0.15) is 0 Å². The van der Waals surface area contributed by atoms with Crippen molar-refractivity contribution in [3.05, 3.63) is 0 Å². The van der Waals surface area contributed by atoms with Gasteiger partial charge in [-0.3, -0.25) is 0 Å². The van der Waals surface area contributed by atoms with Gasteiger partial charge in [-0.15, -0.1) is 5.10 Å². The lowest BCUT2D eigenvalue weighted by molar-refractivity contribution is 0.382. The fraction of sp³-hybridized carbons (Fsp3) is 0.333. The fourth-order valence-corrected chi connectivity index (χ4v) is 0.350. The van der Waals surface area contributed by atoms with Gasteiger partial charge < -0.3 is 10.5 Å².